The maximum atomic E-state index is 3.93. The zero-order valence-electron chi connectivity index (χ0n) is 31.1. The van der Waals surface area contributed by atoms with Crippen molar-refractivity contribution in [1.29, 1.82) is 0 Å². The Morgan fingerprint density at radius 2 is 0.318 bits per heavy atom. The van der Waals surface area contributed by atoms with Gasteiger partial charge in [0.2, 0.25) is 0 Å². The third-order valence-corrected chi connectivity index (χ3v) is 10.1. The Kier molecular flexibility index (Phi) is 47.8. The highest BCUT2D eigenvalue weighted by atomic mass is 35.5. The van der Waals surface area contributed by atoms with Crippen molar-refractivity contribution < 1.29 is 18.1 Å². The smallest absolute Gasteiger partial charge is 0.0739 e. The fourth-order valence-corrected chi connectivity index (χ4v) is 6.97. The summed E-state index contributed by atoms with van der Waals surface area (Å²) < 4.78 is 0. The molecule has 0 aromatic heterocycles. The summed E-state index contributed by atoms with van der Waals surface area (Å²) >= 11 is 0. The maximum absolute atomic E-state index is 3.93. The van der Waals surface area contributed by atoms with Crippen LogP contribution >= 0.6 is 0 Å². The highest BCUT2D eigenvalue weighted by Crippen LogP contribution is 2.17. The molecule has 0 atom stereocenters. The minimum atomic E-state index is 0. The van der Waals surface area contributed by atoms with Crippen LogP contribution in [0.25, 0.3) is 0 Å². The summed E-state index contributed by atoms with van der Waals surface area (Å²) in [5, 5.41) is 0. The molecule has 0 radical (unpaired) electrons. The topological polar surface area (TPSA) is 27.6 Å². The highest BCUT2D eigenvalue weighted by molar-refractivity contribution is 4.53. The predicted molar refractivity (Wildman–Crippen MR) is 198 cm³/mol. The molecule has 0 amide bonds. The van der Waals surface area contributed by atoms with Gasteiger partial charge in [-0.1, -0.05) is 251 Å². The molecule has 0 unspecified atom stereocenters. The van der Waals surface area contributed by atoms with Gasteiger partial charge in [0.25, 0.3) is 0 Å². The van der Waals surface area contributed by atoms with Crippen molar-refractivity contribution in [3.63, 3.8) is 0 Å². The highest BCUT2D eigenvalue weighted by Gasteiger charge is 1.98. The lowest BCUT2D eigenvalue weighted by Gasteiger charge is -2.05. The van der Waals surface area contributed by atoms with E-state index in [1.165, 1.54) is 257 Å². The molecular formula is C42H88ClN. The van der Waals surface area contributed by atoms with Crippen molar-refractivity contribution in [3.8, 4) is 0 Å². The van der Waals surface area contributed by atoms with Crippen LogP contribution in [0.15, 0.2) is 0 Å². The molecule has 0 heterocycles. The van der Waals surface area contributed by atoms with Crippen molar-refractivity contribution >= 4 is 0 Å². The summed E-state index contributed by atoms with van der Waals surface area (Å²) in [6.45, 7) is 3.43. The van der Waals surface area contributed by atoms with Crippen molar-refractivity contribution in [2.45, 2.75) is 264 Å². The molecule has 2 heteroatoms. The Labute approximate surface area is 287 Å². The molecule has 0 fully saturated rings. The monoisotopic (exact) mass is 642 g/mol. The second kappa shape index (κ2) is 45.4. The zero-order chi connectivity index (χ0) is 31.0. The largest absolute Gasteiger partial charge is 1.00 e. The van der Waals surface area contributed by atoms with Crippen molar-refractivity contribution in [1.82, 2.24) is 0 Å². The molecule has 1 nitrogen and oxygen atoms in total. The van der Waals surface area contributed by atoms with Crippen LogP contribution < -0.4 is 18.1 Å². The Morgan fingerprint density at radius 1 is 0.205 bits per heavy atom. The van der Waals surface area contributed by atoms with Gasteiger partial charge in [-0.3, -0.25) is 0 Å². The van der Waals surface area contributed by atoms with Gasteiger partial charge < -0.3 is 18.1 Å². The summed E-state index contributed by atoms with van der Waals surface area (Å²) in [7, 11) is 0. The van der Waals surface area contributed by atoms with E-state index in [1.54, 1.807) is 0 Å². The lowest BCUT2D eigenvalue weighted by molar-refractivity contribution is -0.368. The van der Waals surface area contributed by atoms with Crippen LogP contribution in [-0.2, 0) is 0 Å². The molecular weight excluding hydrogens is 554 g/mol. The number of quaternary nitrogens is 1. The predicted octanol–water partition coefficient (Wildman–Crippen LogP) is 11.9. The summed E-state index contributed by atoms with van der Waals surface area (Å²) in [6.07, 6.45) is 59.1. The Balaban J connectivity index is 0. The third-order valence-electron chi connectivity index (χ3n) is 10.1. The molecule has 268 valence electrons. The van der Waals surface area contributed by atoms with E-state index in [2.05, 4.69) is 12.7 Å². The van der Waals surface area contributed by atoms with E-state index < -0.39 is 0 Å². The molecule has 0 aliphatic rings. The van der Waals surface area contributed by atoms with Crippen LogP contribution in [-0.4, -0.2) is 6.54 Å². The number of unbranched alkanes of at least 4 members (excludes halogenated alkanes) is 39. The lowest BCUT2D eigenvalue weighted by atomic mass is 10.0. The van der Waals surface area contributed by atoms with Crippen LogP contribution in [0.5, 0.6) is 0 Å². The number of hydrogen-bond acceptors (Lipinski definition) is 0. The van der Waals surface area contributed by atoms with E-state index in [0.717, 1.165) is 6.54 Å². The van der Waals surface area contributed by atoms with Gasteiger partial charge in [-0.25, -0.2) is 0 Å². The average Bonchev–Trinajstić information content (AvgIpc) is 3.02. The van der Waals surface area contributed by atoms with E-state index in [1.807, 2.05) is 0 Å². The first-order chi connectivity index (χ1) is 21.4. The van der Waals surface area contributed by atoms with Crippen LogP contribution in [0.2, 0.25) is 0 Å². The molecule has 0 aliphatic carbocycles. The number of hydrogen-bond donors (Lipinski definition) is 1. The summed E-state index contributed by atoms with van der Waals surface area (Å²) in [5.74, 6) is 0. The quantitative estimate of drug-likeness (QED) is 0.0644. The molecule has 0 saturated carbocycles. The first-order valence-corrected chi connectivity index (χ1v) is 21.2. The minimum Gasteiger partial charge on any atom is -1.00 e. The van der Waals surface area contributed by atoms with Gasteiger partial charge in [0.15, 0.2) is 0 Å². The minimum absolute atomic E-state index is 0. The van der Waals surface area contributed by atoms with Crippen LogP contribution in [0.1, 0.15) is 264 Å². The molecule has 3 N–H and O–H groups in total. The molecule has 0 spiro atoms. The van der Waals surface area contributed by atoms with Gasteiger partial charge >= 0.3 is 0 Å². The molecule has 0 saturated heterocycles. The van der Waals surface area contributed by atoms with Gasteiger partial charge in [0.05, 0.1) is 6.54 Å². The van der Waals surface area contributed by atoms with E-state index in [-0.39, 0.29) is 12.4 Å². The molecule has 44 heavy (non-hydrogen) atoms. The third kappa shape index (κ3) is 44.4. The normalized spacial score (nSPS) is 11.3. The van der Waals surface area contributed by atoms with Crippen LogP contribution in [0, 0.1) is 0 Å². The van der Waals surface area contributed by atoms with Gasteiger partial charge in [0, 0.05) is 0 Å². The van der Waals surface area contributed by atoms with Crippen molar-refractivity contribution in [2.75, 3.05) is 6.54 Å². The summed E-state index contributed by atoms with van der Waals surface area (Å²) in [5.41, 5.74) is 3.93. The van der Waals surface area contributed by atoms with Gasteiger partial charge in [0.1, 0.15) is 0 Å². The van der Waals surface area contributed by atoms with Gasteiger partial charge in [-0.2, -0.15) is 0 Å². The van der Waals surface area contributed by atoms with E-state index in [0.29, 0.717) is 0 Å². The van der Waals surface area contributed by atoms with Crippen molar-refractivity contribution in [3.05, 3.63) is 0 Å². The van der Waals surface area contributed by atoms with E-state index in [4.69, 9.17) is 0 Å². The number of halogens is 1. The van der Waals surface area contributed by atoms with Crippen molar-refractivity contribution in [2.24, 2.45) is 0 Å². The second-order valence-corrected chi connectivity index (χ2v) is 14.6. The summed E-state index contributed by atoms with van der Waals surface area (Å²) in [6, 6.07) is 0. The molecule has 0 aromatic carbocycles. The van der Waals surface area contributed by atoms with Gasteiger partial charge in [-0.15, -0.1) is 0 Å². The van der Waals surface area contributed by atoms with Gasteiger partial charge in [-0.05, 0) is 12.8 Å². The first kappa shape index (κ1) is 46.4. The summed E-state index contributed by atoms with van der Waals surface area (Å²) in [4.78, 5) is 0. The molecule has 0 bridgehead atoms. The Morgan fingerprint density at radius 3 is 0.432 bits per heavy atom. The zero-order valence-corrected chi connectivity index (χ0v) is 31.8. The maximum Gasteiger partial charge on any atom is 0.0739 e. The number of rotatable bonds is 40. The lowest BCUT2D eigenvalue weighted by Crippen LogP contribution is -3.00. The standard InChI is InChI=1S/C42H87N.ClH/c1-2-3-4-5-6-7-8-9-10-11-12-13-14-15-16-17-18-19-20-21-22-23-24-25-26-27-28-29-30-31-32-33-34-35-36-37-38-39-40-41-42-43;/h2-43H2,1H3;1H. The van der Waals surface area contributed by atoms with E-state index >= 15 is 0 Å². The molecule has 0 aliphatic heterocycles. The second-order valence-electron chi connectivity index (χ2n) is 14.6. The van der Waals surface area contributed by atoms with E-state index in [9.17, 15) is 0 Å². The van der Waals surface area contributed by atoms with Crippen LogP contribution in [0.4, 0.5) is 0 Å². The Bertz CT molecular complexity index is 413. The molecule has 0 aromatic rings. The Hall–Kier alpha value is 0.250. The molecule has 0 rings (SSSR count). The van der Waals surface area contributed by atoms with Crippen LogP contribution in [0.3, 0.4) is 0 Å². The SMILES string of the molecule is CCCCCCCCCCCCCCCCCCCCCCCCCCCCCCCCCCCCCCCCCC[NH3+].[Cl-]. The fraction of sp³-hybridized carbons (Fsp3) is 1.00. The fourth-order valence-electron chi connectivity index (χ4n) is 6.97. The average molecular weight is 643 g/mol. The first-order valence-electron chi connectivity index (χ1n) is 21.2.